The Morgan fingerprint density at radius 1 is 1.09 bits per heavy atom. The van der Waals surface area contributed by atoms with Crippen LogP contribution in [0.1, 0.15) is 11.1 Å². The fourth-order valence-electron chi connectivity index (χ4n) is 2.04. The molecular formula is C17H19FN2O2. The van der Waals surface area contributed by atoms with Crippen LogP contribution in [0.2, 0.25) is 0 Å². The van der Waals surface area contributed by atoms with E-state index in [1.54, 1.807) is 19.2 Å². The van der Waals surface area contributed by atoms with Crippen LogP contribution in [-0.2, 0) is 13.0 Å². The molecule has 0 fully saturated rings. The number of hydrogen-bond acceptors (Lipinski definition) is 2. The average Bonchev–Trinajstić information content (AvgIpc) is 2.53. The predicted molar refractivity (Wildman–Crippen MR) is 83.3 cm³/mol. The average molecular weight is 302 g/mol. The maximum Gasteiger partial charge on any atom is 0.315 e. The number of carbonyl (C=O) groups is 1. The zero-order chi connectivity index (χ0) is 15.8. The minimum absolute atomic E-state index is 0.271. The Bertz CT molecular complexity index is 632. The van der Waals surface area contributed by atoms with Crippen LogP contribution in [0.15, 0.2) is 48.5 Å². The van der Waals surface area contributed by atoms with Gasteiger partial charge in [0.1, 0.15) is 11.6 Å². The number of urea groups is 1. The van der Waals surface area contributed by atoms with Crippen molar-refractivity contribution in [3.63, 3.8) is 0 Å². The van der Waals surface area contributed by atoms with Gasteiger partial charge in [-0.2, -0.15) is 0 Å². The molecule has 0 spiro atoms. The van der Waals surface area contributed by atoms with Crippen molar-refractivity contribution in [2.45, 2.75) is 13.0 Å². The van der Waals surface area contributed by atoms with E-state index in [1.807, 2.05) is 24.3 Å². The molecule has 0 unspecified atom stereocenters. The molecular weight excluding hydrogens is 283 g/mol. The number of carbonyl (C=O) groups excluding carboxylic acids is 1. The van der Waals surface area contributed by atoms with Crippen LogP contribution in [0, 0.1) is 5.82 Å². The monoisotopic (exact) mass is 302 g/mol. The highest BCUT2D eigenvalue weighted by Gasteiger charge is 2.02. The van der Waals surface area contributed by atoms with Crippen LogP contribution < -0.4 is 15.4 Å². The third kappa shape index (κ3) is 5.09. The molecule has 0 bridgehead atoms. The molecule has 0 heterocycles. The van der Waals surface area contributed by atoms with Crippen molar-refractivity contribution in [2.24, 2.45) is 0 Å². The third-order valence-electron chi connectivity index (χ3n) is 3.18. The van der Waals surface area contributed by atoms with Gasteiger partial charge in [-0.1, -0.05) is 24.3 Å². The lowest BCUT2D eigenvalue weighted by molar-refractivity contribution is 0.240. The SMILES string of the molecule is COc1cccc(CCNC(=O)NCc2cccc(F)c2)c1. The first-order valence-electron chi connectivity index (χ1n) is 7.06. The first-order valence-corrected chi connectivity index (χ1v) is 7.06. The number of nitrogens with one attached hydrogen (secondary N) is 2. The number of benzene rings is 2. The normalized spacial score (nSPS) is 10.1. The molecule has 0 aliphatic heterocycles. The molecule has 2 aromatic rings. The molecule has 4 nitrogen and oxygen atoms in total. The van der Waals surface area contributed by atoms with Crippen molar-refractivity contribution in [2.75, 3.05) is 13.7 Å². The lowest BCUT2D eigenvalue weighted by atomic mass is 10.1. The minimum Gasteiger partial charge on any atom is -0.497 e. The molecule has 0 aliphatic carbocycles. The van der Waals surface area contributed by atoms with Gasteiger partial charge < -0.3 is 15.4 Å². The highest BCUT2D eigenvalue weighted by molar-refractivity contribution is 5.73. The topological polar surface area (TPSA) is 50.4 Å². The number of methoxy groups -OCH3 is 1. The van der Waals surface area contributed by atoms with Gasteiger partial charge in [0.25, 0.3) is 0 Å². The highest BCUT2D eigenvalue weighted by atomic mass is 19.1. The van der Waals surface area contributed by atoms with E-state index in [4.69, 9.17) is 4.74 Å². The molecule has 2 N–H and O–H groups in total. The van der Waals surface area contributed by atoms with Crippen LogP contribution in [-0.4, -0.2) is 19.7 Å². The number of rotatable bonds is 6. The van der Waals surface area contributed by atoms with Crippen LogP contribution in [0.4, 0.5) is 9.18 Å². The zero-order valence-electron chi connectivity index (χ0n) is 12.4. The highest BCUT2D eigenvalue weighted by Crippen LogP contribution is 2.12. The molecule has 2 aromatic carbocycles. The standard InChI is InChI=1S/C17H19FN2O2/c1-22-16-7-3-4-13(11-16)8-9-19-17(21)20-12-14-5-2-6-15(18)10-14/h2-7,10-11H,8-9,12H2,1H3,(H2,19,20,21). The zero-order valence-corrected chi connectivity index (χ0v) is 12.4. The van der Waals surface area contributed by atoms with E-state index >= 15 is 0 Å². The van der Waals surface area contributed by atoms with Gasteiger partial charge in [-0.15, -0.1) is 0 Å². The van der Waals surface area contributed by atoms with Crippen molar-refractivity contribution < 1.29 is 13.9 Å². The molecule has 0 aromatic heterocycles. The number of halogens is 1. The van der Waals surface area contributed by atoms with Crippen LogP contribution >= 0.6 is 0 Å². The van der Waals surface area contributed by atoms with Gasteiger partial charge in [-0.25, -0.2) is 9.18 Å². The van der Waals surface area contributed by atoms with Crippen LogP contribution in [0.5, 0.6) is 5.75 Å². The Morgan fingerprint density at radius 2 is 1.86 bits per heavy atom. The molecule has 0 aliphatic rings. The smallest absolute Gasteiger partial charge is 0.315 e. The number of hydrogen-bond donors (Lipinski definition) is 2. The molecule has 0 saturated heterocycles. The van der Waals surface area contributed by atoms with Crippen LogP contribution in [0.25, 0.3) is 0 Å². The Labute approximate surface area is 129 Å². The first-order chi connectivity index (χ1) is 10.7. The van der Waals surface area contributed by atoms with E-state index in [1.165, 1.54) is 12.1 Å². The van der Waals surface area contributed by atoms with Crippen molar-refractivity contribution in [3.05, 3.63) is 65.5 Å². The van der Waals surface area contributed by atoms with Crippen LogP contribution in [0.3, 0.4) is 0 Å². The van der Waals surface area contributed by atoms with E-state index in [0.29, 0.717) is 19.5 Å². The van der Waals surface area contributed by atoms with E-state index in [9.17, 15) is 9.18 Å². The van der Waals surface area contributed by atoms with E-state index in [-0.39, 0.29) is 11.8 Å². The third-order valence-corrected chi connectivity index (χ3v) is 3.18. The van der Waals surface area contributed by atoms with Crippen molar-refractivity contribution in [1.29, 1.82) is 0 Å². The Morgan fingerprint density at radius 3 is 2.64 bits per heavy atom. The maximum atomic E-state index is 13.0. The molecule has 116 valence electrons. The van der Waals surface area contributed by atoms with Gasteiger partial charge in [0, 0.05) is 13.1 Å². The van der Waals surface area contributed by atoms with Gasteiger partial charge >= 0.3 is 6.03 Å². The second-order valence-electron chi connectivity index (χ2n) is 4.84. The van der Waals surface area contributed by atoms with Gasteiger partial charge in [0.2, 0.25) is 0 Å². The second kappa shape index (κ2) is 8.02. The van der Waals surface area contributed by atoms with Gasteiger partial charge in [0.15, 0.2) is 0 Å². The maximum absolute atomic E-state index is 13.0. The lowest BCUT2D eigenvalue weighted by Gasteiger charge is -2.08. The van der Waals surface area contributed by atoms with Gasteiger partial charge in [-0.3, -0.25) is 0 Å². The molecule has 22 heavy (non-hydrogen) atoms. The molecule has 0 atom stereocenters. The Balaban J connectivity index is 1.71. The summed E-state index contributed by atoms with van der Waals surface area (Å²) in [6.07, 6.45) is 0.713. The number of ether oxygens (including phenoxy) is 1. The summed E-state index contributed by atoms with van der Waals surface area (Å²) in [5, 5.41) is 5.46. The van der Waals surface area contributed by atoms with E-state index < -0.39 is 0 Å². The van der Waals surface area contributed by atoms with E-state index in [0.717, 1.165) is 16.9 Å². The molecule has 2 rings (SSSR count). The summed E-state index contributed by atoms with van der Waals surface area (Å²) in [6.45, 7) is 0.810. The van der Waals surface area contributed by atoms with Gasteiger partial charge in [0.05, 0.1) is 7.11 Å². The fraction of sp³-hybridized carbons (Fsp3) is 0.235. The summed E-state index contributed by atoms with van der Waals surface area (Å²) >= 11 is 0. The molecule has 0 radical (unpaired) electrons. The summed E-state index contributed by atoms with van der Waals surface area (Å²) in [7, 11) is 1.62. The van der Waals surface area contributed by atoms with Crippen molar-refractivity contribution >= 4 is 6.03 Å². The van der Waals surface area contributed by atoms with Crippen molar-refractivity contribution in [1.82, 2.24) is 10.6 Å². The molecule has 2 amide bonds. The molecule has 5 heteroatoms. The van der Waals surface area contributed by atoms with Crippen molar-refractivity contribution in [3.8, 4) is 5.75 Å². The number of amides is 2. The summed E-state index contributed by atoms with van der Waals surface area (Å²) in [4.78, 5) is 11.7. The lowest BCUT2D eigenvalue weighted by Crippen LogP contribution is -2.36. The summed E-state index contributed by atoms with van der Waals surface area (Å²) in [5.74, 6) is 0.491. The fourth-order valence-corrected chi connectivity index (χ4v) is 2.04. The predicted octanol–water partition coefficient (Wildman–Crippen LogP) is 2.88. The quantitative estimate of drug-likeness (QED) is 0.862. The summed E-state index contributed by atoms with van der Waals surface area (Å²) < 4.78 is 18.2. The summed E-state index contributed by atoms with van der Waals surface area (Å²) in [5.41, 5.74) is 1.81. The first kappa shape index (κ1) is 15.8. The Kier molecular flexibility index (Phi) is 5.77. The Hall–Kier alpha value is -2.56. The summed E-state index contributed by atoms with van der Waals surface area (Å²) in [6, 6.07) is 13.6. The second-order valence-corrected chi connectivity index (χ2v) is 4.84. The van der Waals surface area contributed by atoms with E-state index in [2.05, 4.69) is 10.6 Å². The molecule has 0 saturated carbocycles. The minimum atomic E-state index is -0.308. The largest absolute Gasteiger partial charge is 0.497 e. The van der Waals surface area contributed by atoms with Gasteiger partial charge in [-0.05, 0) is 41.8 Å².